The maximum atomic E-state index is 15.0. The van der Waals surface area contributed by atoms with Crippen LogP contribution in [0.25, 0.3) is 0 Å². The summed E-state index contributed by atoms with van der Waals surface area (Å²) in [5.41, 5.74) is 5.01. The van der Waals surface area contributed by atoms with Crippen LogP contribution in [0.1, 0.15) is 54.2 Å². The number of primary amides is 1. The zero-order valence-corrected chi connectivity index (χ0v) is 14.8. The molecule has 0 aliphatic carbocycles. The molecule has 0 aromatic heterocycles. The molecule has 138 valence electrons. The van der Waals surface area contributed by atoms with Crippen LogP contribution in [0.4, 0.5) is 8.78 Å². The van der Waals surface area contributed by atoms with Gasteiger partial charge >= 0.3 is 0 Å². The van der Waals surface area contributed by atoms with Crippen molar-refractivity contribution < 1.29 is 18.4 Å². The van der Waals surface area contributed by atoms with E-state index >= 15 is 4.39 Å². The van der Waals surface area contributed by atoms with Gasteiger partial charge < -0.3 is 11.1 Å². The number of hydrogen-bond donors (Lipinski definition) is 2. The first-order valence-corrected chi connectivity index (χ1v) is 8.47. The molecule has 0 saturated carbocycles. The topological polar surface area (TPSA) is 72.2 Å². The summed E-state index contributed by atoms with van der Waals surface area (Å²) >= 11 is 0. The Balaban J connectivity index is 2.38. The number of ketones is 1. The quantitative estimate of drug-likeness (QED) is 0.708. The number of amides is 1. The van der Waals surface area contributed by atoms with Crippen molar-refractivity contribution in [3.63, 3.8) is 0 Å². The van der Waals surface area contributed by atoms with E-state index in [1.807, 2.05) is 6.92 Å². The van der Waals surface area contributed by atoms with E-state index in [0.717, 1.165) is 6.07 Å². The maximum absolute atomic E-state index is 15.0. The summed E-state index contributed by atoms with van der Waals surface area (Å²) in [5, 5.41) is 3.11. The summed E-state index contributed by atoms with van der Waals surface area (Å²) in [6, 6.07) is 9.67. The summed E-state index contributed by atoms with van der Waals surface area (Å²) in [6.07, 6.45) is 0.583. The Hall–Kier alpha value is -2.60. The molecule has 1 amide bonds. The van der Waals surface area contributed by atoms with Gasteiger partial charge in [-0.3, -0.25) is 9.59 Å². The second-order valence-corrected chi connectivity index (χ2v) is 6.22. The fourth-order valence-corrected chi connectivity index (χ4v) is 2.91. The van der Waals surface area contributed by atoms with E-state index in [1.54, 1.807) is 25.1 Å². The first-order valence-electron chi connectivity index (χ1n) is 8.47. The van der Waals surface area contributed by atoms with Crippen molar-refractivity contribution in [2.45, 2.75) is 38.8 Å². The normalized spacial score (nSPS) is 13.2. The van der Waals surface area contributed by atoms with E-state index in [9.17, 15) is 14.0 Å². The van der Waals surface area contributed by atoms with Crippen LogP contribution in [0, 0.1) is 11.6 Å². The molecule has 26 heavy (non-hydrogen) atoms. The van der Waals surface area contributed by atoms with Crippen molar-refractivity contribution in [1.82, 2.24) is 5.32 Å². The molecular formula is C20H22F2N2O2. The van der Waals surface area contributed by atoms with Crippen LogP contribution >= 0.6 is 0 Å². The molecule has 2 rings (SSSR count). The molecule has 0 aliphatic rings. The molecule has 0 bridgehead atoms. The van der Waals surface area contributed by atoms with E-state index in [1.165, 1.54) is 18.2 Å². The van der Waals surface area contributed by atoms with Crippen LogP contribution in [0.15, 0.2) is 42.5 Å². The predicted octanol–water partition coefficient (Wildman–Crippen LogP) is 3.50. The molecule has 0 unspecified atom stereocenters. The van der Waals surface area contributed by atoms with Crippen molar-refractivity contribution in [2.24, 2.45) is 5.73 Å². The number of rotatable bonds is 8. The lowest BCUT2D eigenvalue weighted by Gasteiger charge is -2.23. The van der Waals surface area contributed by atoms with Gasteiger partial charge in [-0.1, -0.05) is 43.3 Å². The van der Waals surface area contributed by atoms with Crippen molar-refractivity contribution in [2.75, 3.05) is 0 Å². The number of nitrogens with two attached hydrogens (primary N) is 1. The Labute approximate surface area is 151 Å². The van der Waals surface area contributed by atoms with Gasteiger partial charge in [0.1, 0.15) is 11.6 Å². The van der Waals surface area contributed by atoms with E-state index in [-0.39, 0.29) is 23.6 Å². The van der Waals surface area contributed by atoms with Crippen molar-refractivity contribution in [1.29, 1.82) is 0 Å². The lowest BCUT2D eigenvalue weighted by atomic mass is 9.95. The molecular weight excluding hydrogens is 338 g/mol. The van der Waals surface area contributed by atoms with E-state index in [0.29, 0.717) is 6.42 Å². The molecule has 0 fully saturated rings. The van der Waals surface area contributed by atoms with Crippen molar-refractivity contribution in [3.8, 4) is 0 Å². The zero-order valence-electron chi connectivity index (χ0n) is 14.8. The van der Waals surface area contributed by atoms with Gasteiger partial charge in [0, 0.05) is 29.6 Å². The van der Waals surface area contributed by atoms with Crippen LogP contribution in [-0.4, -0.2) is 17.7 Å². The first kappa shape index (κ1) is 19.7. The highest BCUT2D eigenvalue weighted by atomic mass is 19.1. The fraction of sp³-hybridized carbons (Fsp3) is 0.300. The minimum atomic E-state index is -0.903. The van der Waals surface area contributed by atoms with Gasteiger partial charge in [0.15, 0.2) is 5.78 Å². The summed E-state index contributed by atoms with van der Waals surface area (Å²) < 4.78 is 29.3. The molecule has 0 aliphatic heterocycles. The van der Waals surface area contributed by atoms with E-state index < -0.39 is 34.9 Å². The third-order valence-electron chi connectivity index (χ3n) is 4.16. The molecule has 0 heterocycles. The molecule has 2 aromatic rings. The van der Waals surface area contributed by atoms with E-state index in [4.69, 9.17) is 5.73 Å². The average molecular weight is 360 g/mol. The summed E-state index contributed by atoms with van der Waals surface area (Å²) in [4.78, 5) is 23.6. The van der Waals surface area contributed by atoms with Gasteiger partial charge in [0.25, 0.3) is 0 Å². The third kappa shape index (κ3) is 4.52. The Morgan fingerprint density at radius 3 is 2.35 bits per heavy atom. The monoisotopic (exact) mass is 360 g/mol. The number of carbonyl (C=O) groups is 2. The van der Waals surface area contributed by atoms with Crippen LogP contribution in [0.5, 0.6) is 0 Å². The Bertz CT molecular complexity index is 794. The molecule has 4 nitrogen and oxygen atoms in total. The highest BCUT2D eigenvalue weighted by molar-refractivity contribution is 6.09. The van der Waals surface area contributed by atoms with Gasteiger partial charge in [-0.05, 0) is 19.4 Å². The molecule has 2 aromatic carbocycles. The summed E-state index contributed by atoms with van der Waals surface area (Å²) in [6.45, 7) is 3.58. The Morgan fingerprint density at radius 2 is 1.77 bits per heavy atom. The Kier molecular flexibility index (Phi) is 6.58. The predicted molar refractivity (Wildman–Crippen MR) is 95.7 cm³/mol. The number of carbonyl (C=O) groups excluding carboxylic acids is 2. The van der Waals surface area contributed by atoms with Crippen LogP contribution in [-0.2, 0) is 4.79 Å². The average Bonchev–Trinajstić information content (AvgIpc) is 2.60. The van der Waals surface area contributed by atoms with Crippen LogP contribution in [0.2, 0.25) is 0 Å². The number of halogens is 2. The standard InChI is InChI=1S/C20H22F2N2O2/c1-3-16(24-12(2)11-17(23)25)14-9-10-15(21)18(19(14)22)20(26)13-7-5-4-6-8-13/h4-10,12,16,24H,3,11H2,1-2H3,(H2,23,25)/t12-,16-/m1/s1. The summed E-state index contributed by atoms with van der Waals surface area (Å²) in [7, 11) is 0. The minimum absolute atomic E-state index is 0.0924. The van der Waals surface area contributed by atoms with Gasteiger partial charge in [-0.25, -0.2) is 8.78 Å². The number of nitrogens with one attached hydrogen (secondary N) is 1. The smallest absolute Gasteiger partial charge is 0.218 e. The van der Waals surface area contributed by atoms with Gasteiger partial charge in [0.2, 0.25) is 5.91 Å². The van der Waals surface area contributed by atoms with Crippen LogP contribution in [0.3, 0.4) is 0 Å². The summed E-state index contributed by atoms with van der Waals surface area (Å²) in [5.74, 6) is -2.97. The number of hydrogen-bond acceptors (Lipinski definition) is 3. The van der Waals surface area contributed by atoms with Gasteiger partial charge in [0.05, 0.1) is 5.56 Å². The highest BCUT2D eigenvalue weighted by Gasteiger charge is 2.25. The van der Waals surface area contributed by atoms with Gasteiger partial charge in [-0.15, -0.1) is 0 Å². The van der Waals surface area contributed by atoms with Gasteiger partial charge in [-0.2, -0.15) is 0 Å². The lowest BCUT2D eigenvalue weighted by Crippen LogP contribution is -2.34. The van der Waals surface area contributed by atoms with Crippen molar-refractivity contribution >= 4 is 11.7 Å². The zero-order chi connectivity index (χ0) is 19.3. The SMILES string of the molecule is CC[C@@H](N[C@H](C)CC(N)=O)c1ccc(F)c(C(=O)c2ccccc2)c1F. The first-order chi connectivity index (χ1) is 12.3. The molecule has 6 heteroatoms. The minimum Gasteiger partial charge on any atom is -0.370 e. The molecule has 0 saturated heterocycles. The Morgan fingerprint density at radius 1 is 1.12 bits per heavy atom. The molecule has 2 atom stereocenters. The fourth-order valence-electron chi connectivity index (χ4n) is 2.91. The lowest BCUT2D eigenvalue weighted by molar-refractivity contribution is -0.118. The second-order valence-electron chi connectivity index (χ2n) is 6.22. The van der Waals surface area contributed by atoms with Crippen LogP contribution < -0.4 is 11.1 Å². The second kappa shape index (κ2) is 8.67. The molecule has 0 radical (unpaired) electrons. The highest BCUT2D eigenvalue weighted by Crippen LogP contribution is 2.27. The van der Waals surface area contributed by atoms with Crippen molar-refractivity contribution in [3.05, 3.63) is 70.8 Å². The maximum Gasteiger partial charge on any atom is 0.218 e. The molecule has 0 spiro atoms. The number of benzene rings is 2. The molecule has 3 N–H and O–H groups in total. The third-order valence-corrected chi connectivity index (χ3v) is 4.16. The largest absolute Gasteiger partial charge is 0.370 e. The van der Waals surface area contributed by atoms with E-state index in [2.05, 4.69) is 5.32 Å².